The summed E-state index contributed by atoms with van der Waals surface area (Å²) in [6, 6.07) is 8.80. The Kier molecular flexibility index (Phi) is 3.17. The number of benzene rings is 1. The fraction of sp³-hybridized carbons (Fsp3) is 0.0833. The lowest BCUT2D eigenvalue weighted by molar-refractivity contribution is -0.388. The summed E-state index contributed by atoms with van der Waals surface area (Å²) in [5, 5.41) is 19.7. The lowest BCUT2D eigenvalue weighted by Gasteiger charge is -2.02. The average Bonchev–Trinajstić information content (AvgIpc) is 2.77. The van der Waals surface area contributed by atoms with Gasteiger partial charge in [-0.3, -0.25) is 0 Å². The molecule has 1 N–H and O–H groups in total. The van der Waals surface area contributed by atoms with Crippen molar-refractivity contribution in [1.82, 2.24) is 4.98 Å². The Balaban J connectivity index is 2.63. The van der Waals surface area contributed by atoms with Crippen LogP contribution in [0.5, 0.6) is 0 Å². The molecule has 0 atom stereocenters. The van der Waals surface area contributed by atoms with E-state index >= 15 is 0 Å². The van der Waals surface area contributed by atoms with E-state index in [2.05, 4.69) is 20.9 Å². The summed E-state index contributed by atoms with van der Waals surface area (Å²) >= 11 is 3.38. The van der Waals surface area contributed by atoms with Crippen molar-refractivity contribution in [3.05, 3.63) is 50.1 Å². The zero-order valence-corrected chi connectivity index (χ0v) is 11.0. The first-order valence-corrected chi connectivity index (χ1v) is 5.86. The molecule has 0 radical (unpaired) electrons. The van der Waals surface area contributed by atoms with Crippen LogP contribution in [0, 0.1) is 28.4 Å². The molecule has 0 aliphatic carbocycles. The number of nitrogens with one attached hydrogen (secondary N) is 1. The second-order valence-electron chi connectivity index (χ2n) is 3.78. The first-order valence-electron chi connectivity index (χ1n) is 5.07. The molecule has 90 valence electrons. The van der Waals surface area contributed by atoms with E-state index in [4.69, 9.17) is 5.26 Å². The van der Waals surface area contributed by atoms with Crippen LogP contribution in [-0.4, -0.2) is 9.91 Å². The summed E-state index contributed by atoms with van der Waals surface area (Å²) in [7, 11) is 0. The van der Waals surface area contributed by atoms with E-state index in [1.165, 1.54) is 6.07 Å². The Labute approximate surface area is 111 Å². The Morgan fingerprint density at radius 2 is 2.17 bits per heavy atom. The number of rotatable bonds is 2. The standard InChI is InChI=1S/C12H8BrN3O2/c1-7-2-3-8(4-11(7)13)10-5-9(6-14)15-12(10)16(17)18/h2-5,15H,1H3. The first kappa shape index (κ1) is 12.3. The van der Waals surface area contributed by atoms with Gasteiger partial charge in [-0.1, -0.05) is 28.1 Å². The monoisotopic (exact) mass is 305 g/mol. The van der Waals surface area contributed by atoms with Gasteiger partial charge in [0.15, 0.2) is 0 Å². The Bertz CT molecular complexity index is 670. The van der Waals surface area contributed by atoms with Gasteiger partial charge in [0, 0.05) is 10.5 Å². The number of aryl methyl sites for hydroxylation is 1. The predicted molar refractivity (Wildman–Crippen MR) is 70.0 cm³/mol. The van der Waals surface area contributed by atoms with Crippen molar-refractivity contribution < 1.29 is 4.92 Å². The second-order valence-corrected chi connectivity index (χ2v) is 4.63. The van der Waals surface area contributed by atoms with E-state index in [1.54, 1.807) is 12.1 Å². The molecular formula is C12H8BrN3O2. The normalized spacial score (nSPS) is 10.1. The molecule has 0 bridgehead atoms. The quantitative estimate of drug-likeness (QED) is 0.680. The lowest BCUT2D eigenvalue weighted by atomic mass is 10.1. The van der Waals surface area contributed by atoms with E-state index in [-0.39, 0.29) is 11.5 Å². The van der Waals surface area contributed by atoms with Crippen molar-refractivity contribution in [3.8, 4) is 17.2 Å². The summed E-state index contributed by atoms with van der Waals surface area (Å²) < 4.78 is 0.869. The average molecular weight is 306 g/mol. The van der Waals surface area contributed by atoms with Crippen molar-refractivity contribution in [1.29, 1.82) is 5.26 Å². The summed E-state index contributed by atoms with van der Waals surface area (Å²) in [5.74, 6) is -0.165. The Morgan fingerprint density at radius 3 is 2.72 bits per heavy atom. The van der Waals surface area contributed by atoms with Crippen molar-refractivity contribution >= 4 is 21.7 Å². The summed E-state index contributed by atoms with van der Waals surface area (Å²) in [5.41, 5.74) is 2.32. The van der Waals surface area contributed by atoms with Gasteiger partial charge in [0.25, 0.3) is 0 Å². The highest BCUT2D eigenvalue weighted by Crippen LogP contribution is 2.32. The maximum atomic E-state index is 10.9. The summed E-state index contributed by atoms with van der Waals surface area (Å²) in [6.07, 6.45) is 0. The number of aromatic nitrogens is 1. The Hall–Kier alpha value is -2.13. The predicted octanol–water partition coefficient (Wildman–Crippen LogP) is 3.53. The van der Waals surface area contributed by atoms with Gasteiger partial charge >= 0.3 is 5.82 Å². The molecule has 6 heteroatoms. The minimum Gasteiger partial charge on any atom is -0.358 e. The highest BCUT2D eigenvalue weighted by molar-refractivity contribution is 9.10. The molecule has 1 heterocycles. The third kappa shape index (κ3) is 2.13. The van der Waals surface area contributed by atoms with Crippen LogP contribution in [0.3, 0.4) is 0 Å². The maximum absolute atomic E-state index is 10.9. The van der Waals surface area contributed by atoms with Crippen molar-refractivity contribution in [2.75, 3.05) is 0 Å². The lowest BCUT2D eigenvalue weighted by Crippen LogP contribution is -1.90. The fourth-order valence-electron chi connectivity index (χ4n) is 1.63. The van der Waals surface area contributed by atoms with E-state index in [0.29, 0.717) is 11.1 Å². The zero-order valence-electron chi connectivity index (χ0n) is 9.40. The van der Waals surface area contributed by atoms with Crippen molar-refractivity contribution in [3.63, 3.8) is 0 Å². The van der Waals surface area contributed by atoms with Gasteiger partial charge in [-0.05, 0) is 29.0 Å². The largest absolute Gasteiger partial charge is 0.358 e. The highest BCUT2D eigenvalue weighted by atomic mass is 79.9. The molecule has 0 spiro atoms. The number of halogens is 1. The molecule has 1 aromatic carbocycles. The molecule has 0 unspecified atom stereocenters. The van der Waals surface area contributed by atoms with E-state index in [0.717, 1.165) is 10.0 Å². The van der Waals surface area contributed by atoms with E-state index < -0.39 is 4.92 Å². The van der Waals surface area contributed by atoms with Crippen molar-refractivity contribution in [2.24, 2.45) is 0 Å². The molecule has 2 rings (SSSR count). The topological polar surface area (TPSA) is 82.7 Å². The van der Waals surface area contributed by atoms with Gasteiger partial charge < -0.3 is 10.1 Å². The van der Waals surface area contributed by atoms with Gasteiger partial charge in [0.2, 0.25) is 5.69 Å². The molecule has 5 nitrogen and oxygen atoms in total. The smallest absolute Gasteiger partial charge is 0.329 e. The number of nitriles is 1. The van der Waals surface area contributed by atoms with Crippen LogP contribution < -0.4 is 0 Å². The van der Waals surface area contributed by atoms with Crippen LogP contribution in [0.15, 0.2) is 28.7 Å². The molecule has 2 aromatic rings. The van der Waals surface area contributed by atoms with E-state index in [1.807, 2.05) is 19.1 Å². The number of aromatic amines is 1. The van der Waals surface area contributed by atoms with Gasteiger partial charge in [-0.15, -0.1) is 0 Å². The van der Waals surface area contributed by atoms with Crippen LogP contribution >= 0.6 is 15.9 Å². The number of nitrogens with zero attached hydrogens (tertiary/aromatic N) is 2. The summed E-state index contributed by atoms with van der Waals surface area (Å²) in [4.78, 5) is 12.9. The van der Waals surface area contributed by atoms with Gasteiger partial charge in [-0.25, -0.2) is 4.98 Å². The minimum atomic E-state index is -0.524. The molecule has 18 heavy (non-hydrogen) atoms. The van der Waals surface area contributed by atoms with Gasteiger partial charge in [-0.2, -0.15) is 5.26 Å². The number of nitro groups is 1. The number of hydrogen-bond donors (Lipinski definition) is 1. The molecular weight excluding hydrogens is 298 g/mol. The fourth-order valence-corrected chi connectivity index (χ4v) is 2.01. The highest BCUT2D eigenvalue weighted by Gasteiger charge is 2.19. The minimum absolute atomic E-state index is 0.165. The number of H-pyrrole nitrogens is 1. The molecule has 0 aliphatic rings. The maximum Gasteiger partial charge on any atom is 0.329 e. The van der Waals surface area contributed by atoms with Crippen LogP contribution in [0.25, 0.3) is 11.1 Å². The SMILES string of the molecule is Cc1ccc(-c2cc(C#N)[nH]c2[N+](=O)[O-])cc1Br. The molecule has 0 saturated carbocycles. The molecule has 0 saturated heterocycles. The van der Waals surface area contributed by atoms with Crippen LogP contribution in [0.1, 0.15) is 11.3 Å². The van der Waals surface area contributed by atoms with Crippen LogP contribution in [0.4, 0.5) is 5.82 Å². The van der Waals surface area contributed by atoms with Gasteiger partial charge in [0.05, 0.1) is 5.56 Å². The van der Waals surface area contributed by atoms with Crippen LogP contribution in [0.2, 0.25) is 0 Å². The molecule has 1 aromatic heterocycles. The second kappa shape index (κ2) is 4.63. The zero-order chi connectivity index (χ0) is 13.3. The molecule has 0 aliphatic heterocycles. The third-order valence-corrected chi connectivity index (χ3v) is 3.44. The molecule has 0 fully saturated rings. The number of hydrogen-bond acceptors (Lipinski definition) is 3. The van der Waals surface area contributed by atoms with Gasteiger partial charge in [0.1, 0.15) is 6.07 Å². The summed E-state index contributed by atoms with van der Waals surface area (Å²) in [6.45, 7) is 1.93. The van der Waals surface area contributed by atoms with Crippen molar-refractivity contribution in [2.45, 2.75) is 6.92 Å². The molecule has 0 amide bonds. The first-order chi connectivity index (χ1) is 8.52. The van der Waals surface area contributed by atoms with E-state index in [9.17, 15) is 10.1 Å². The third-order valence-electron chi connectivity index (χ3n) is 2.58. The Morgan fingerprint density at radius 1 is 1.44 bits per heavy atom. The van der Waals surface area contributed by atoms with Crippen LogP contribution in [-0.2, 0) is 0 Å².